The van der Waals surface area contributed by atoms with Crippen LogP contribution in [0.5, 0.6) is 0 Å². The van der Waals surface area contributed by atoms with Crippen molar-refractivity contribution in [3.05, 3.63) is 146 Å². The van der Waals surface area contributed by atoms with Crippen molar-refractivity contribution < 1.29 is 75.8 Å². The van der Waals surface area contributed by atoms with Gasteiger partial charge in [0.1, 0.15) is 25.4 Å². The van der Waals surface area contributed by atoms with E-state index in [9.17, 15) is 43.5 Å². The zero-order valence-corrected chi connectivity index (χ0v) is 73.3. The molecule has 0 aliphatic heterocycles. The van der Waals surface area contributed by atoms with E-state index in [-0.39, 0.29) is 19.3 Å². The number of hydrogen-bond acceptors (Lipinski definition) is 14. The number of rotatable bonds is 85. The van der Waals surface area contributed by atoms with Gasteiger partial charge in [0, 0.05) is 19.3 Å². The average Bonchev–Trinajstić information content (AvgIpc) is 0.904. The molecular formula is C95H164O16P2. The van der Waals surface area contributed by atoms with E-state index >= 15 is 0 Å². The summed E-state index contributed by atoms with van der Waals surface area (Å²) in [6, 6.07) is 0. The van der Waals surface area contributed by atoms with Crippen LogP contribution in [0.3, 0.4) is 0 Å². The maximum atomic E-state index is 13.0. The quantitative estimate of drug-likeness (QED) is 0.0146. The predicted molar refractivity (Wildman–Crippen MR) is 473 cm³/mol. The van der Waals surface area contributed by atoms with Crippen LogP contribution in [0.2, 0.25) is 0 Å². The monoisotopic (exact) mass is 1620 g/mol. The molecule has 650 valence electrons. The van der Waals surface area contributed by atoms with Crippen molar-refractivity contribution in [3.8, 4) is 0 Å². The van der Waals surface area contributed by atoms with Gasteiger partial charge in [0.25, 0.3) is 0 Å². The molecule has 4 N–H and O–H groups in total. The maximum absolute atomic E-state index is 13.0. The molecule has 0 aromatic heterocycles. The summed E-state index contributed by atoms with van der Waals surface area (Å²) < 4.78 is 61.4. The van der Waals surface area contributed by atoms with Crippen molar-refractivity contribution in [2.75, 3.05) is 39.6 Å². The lowest BCUT2D eigenvalue weighted by atomic mass is 10.0. The van der Waals surface area contributed by atoms with Gasteiger partial charge < -0.3 is 34.2 Å². The highest BCUT2D eigenvalue weighted by Crippen LogP contribution is 2.45. The van der Waals surface area contributed by atoms with Crippen LogP contribution in [0.15, 0.2) is 146 Å². The minimum absolute atomic E-state index is 0.0865. The van der Waals surface area contributed by atoms with Gasteiger partial charge in [-0.3, -0.25) is 32.5 Å². The van der Waals surface area contributed by atoms with Crippen LogP contribution in [-0.4, -0.2) is 95.9 Å². The van der Waals surface area contributed by atoms with Crippen LogP contribution in [0, 0.1) is 0 Å². The van der Waals surface area contributed by atoms with E-state index in [4.69, 9.17) is 32.3 Å². The van der Waals surface area contributed by atoms with Gasteiger partial charge in [-0.05, 0) is 141 Å². The molecule has 0 saturated carbocycles. The fraction of sp³-hybridized carbons (Fsp3) is 0.716. The number of esters is 3. The number of hydrogen-bond donors (Lipinski definition) is 4. The summed E-state index contributed by atoms with van der Waals surface area (Å²) in [6.07, 6.45) is 109. The van der Waals surface area contributed by atoms with Gasteiger partial charge in [0.2, 0.25) is 0 Å². The Hall–Kier alpha value is -4.57. The Morgan fingerprint density at radius 1 is 0.257 bits per heavy atom. The largest absolute Gasteiger partial charge is 0.472 e. The van der Waals surface area contributed by atoms with E-state index in [1.54, 1.807) is 0 Å². The molecule has 5 unspecified atom stereocenters. The number of allylic oxidation sites excluding steroid dienone is 24. The second-order valence-corrected chi connectivity index (χ2v) is 32.9. The summed E-state index contributed by atoms with van der Waals surface area (Å²) in [4.78, 5) is 58.9. The summed E-state index contributed by atoms with van der Waals surface area (Å²) in [5.74, 6) is -1.58. The van der Waals surface area contributed by atoms with Crippen LogP contribution in [0.1, 0.15) is 380 Å². The molecule has 0 fully saturated rings. The highest BCUT2D eigenvalue weighted by atomic mass is 31.2. The lowest BCUT2D eigenvalue weighted by Gasteiger charge is -2.21. The fourth-order valence-electron chi connectivity index (χ4n) is 12.2. The topological polar surface area (TPSA) is 231 Å². The first-order valence-electron chi connectivity index (χ1n) is 45.1. The molecule has 16 nitrogen and oxygen atoms in total. The van der Waals surface area contributed by atoms with E-state index in [0.29, 0.717) is 19.3 Å². The summed E-state index contributed by atoms with van der Waals surface area (Å²) in [6.45, 7) is 2.45. The molecule has 0 saturated heterocycles. The summed E-state index contributed by atoms with van der Waals surface area (Å²) in [7, 11) is -9.80. The molecular weight excluding hydrogens is 1460 g/mol. The number of aliphatic hydroxyl groups is 2. The van der Waals surface area contributed by atoms with Crippen molar-refractivity contribution in [3.63, 3.8) is 0 Å². The Balaban J connectivity index is 4.43. The molecule has 0 spiro atoms. The molecule has 0 aliphatic rings. The normalized spacial score (nSPS) is 14.5. The first-order valence-corrected chi connectivity index (χ1v) is 48.1. The van der Waals surface area contributed by atoms with Gasteiger partial charge in [-0.25, -0.2) is 9.13 Å². The number of carbonyl (C=O) groups is 3. The van der Waals surface area contributed by atoms with Gasteiger partial charge in [0.05, 0.1) is 26.4 Å². The van der Waals surface area contributed by atoms with Crippen molar-refractivity contribution in [1.82, 2.24) is 0 Å². The molecule has 113 heavy (non-hydrogen) atoms. The zero-order chi connectivity index (χ0) is 82.2. The number of ether oxygens (including phenoxy) is 3. The van der Waals surface area contributed by atoms with Crippen LogP contribution < -0.4 is 0 Å². The first kappa shape index (κ1) is 108. The second-order valence-electron chi connectivity index (χ2n) is 30.0. The molecule has 0 aromatic rings. The minimum atomic E-state index is -4.94. The Morgan fingerprint density at radius 2 is 0.469 bits per heavy atom. The average molecular weight is 1620 g/mol. The van der Waals surface area contributed by atoms with Crippen LogP contribution >= 0.6 is 15.6 Å². The summed E-state index contributed by atoms with van der Waals surface area (Å²) in [5, 5.41) is 20.7. The predicted octanol–water partition coefficient (Wildman–Crippen LogP) is 27.6. The highest BCUT2D eigenvalue weighted by molar-refractivity contribution is 7.47. The standard InChI is InChI=1S/C95H164O16P2/c1-4-7-10-13-16-19-22-25-28-30-32-34-36-38-40-41-42-43-44-45-46-47-49-51-52-54-56-58-61-63-66-69-72-75-78-81-93(98)105-84-90(96)85-107-112(101,102)108-86-91(97)87-109-113(103,104)110-89-92(111-95(100)83-80-77-74-71-68-65-60-27-24-21-18-15-12-9-6-3)88-106-94(99)82-79-76-73-70-67-64-62-59-57-55-53-50-48-39-37-35-33-31-29-26-23-20-17-14-11-8-5-2/h7-8,10-11,16-21,25-29,32-35,38-40,48,60,90-92,96-97H,4-6,9,12-15,22-24,30-31,36-37,41-47,49-59,61-89H2,1-3H3,(H,101,102)(H,103,104)/b10-7-,11-8-,19-16-,20-17-,21-18-,28-25-,29-26-,34-32-,35-33-,40-38-,48-39-,60-27-. The Morgan fingerprint density at radius 3 is 0.743 bits per heavy atom. The summed E-state index contributed by atoms with van der Waals surface area (Å²) >= 11 is 0. The third-order valence-corrected chi connectivity index (χ3v) is 20.9. The number of unbranched alkanes of at least 4 members (excludes halogenated alkanes) is 38. The van der Waals surface area contributed by atoms with Crippen LogP contribution in [0.4, 0.5) is 0 Å². The third-order valence-electron chi connectivity index (χ3n) is 19.0. The minimum Gasteiger partial charge on any atom is -0.463 e. The zero-order valence-electron chi connectivity index (χ0n) is 71.5. The van der Waals surface area contributed by atoms with E-state index in [1.165, 1.54) is 161 Å². The molecule has 0 aromatic carbocycles. The van der Waals surface area contributed by atoms with Crippen molar-refractivity contribution in [1.29, 1.82) is 0 Å². The fourth-order valence-corrected chi connectivity index (χ4v) is 13.8. The Labute approximate surface area is 689 Å². The smallest absolute Gasteiger partial charge is 0.463 e. The van der Waals surface area contributed by atoms with Gasteiger partial charge in [-0.15, -0.1) is 0 Å². The van der Waals surface area contributed by atoms with Crippen molar-refractivity contribution in [2.24, 2.45) is 0 Å². The number of carbonyl (C=O) groups excluding carboxylic acids is 3. The molecule has 0 amide bonds. The van der Waals surface area contributed by atoms with Gasteiger partial charge >= 0.3 is 33.6 Å². The van der Waals surface area contributed by atoms with E-state index < -0.39 is 91.5 Å². The van der Waals surface area contributed by atoms with E-state index in [2.05, 4.69) is 167 Å². The third kappa shape index (κ3) is 88.1. The molecule has 0 radical (unpaired) electrons. The molecule has 0 heterocycles. The van der Waals surface area contributed by atoms with Crippen LogP contribution in [-0.2, 0) is 55.8 Å². The van der Waals surface area contributed by atoms with Gasteiger partial charge in [0.15, 0.2) is 6.10 Å². The molecule has 0 bridgehead atoms. The summed E-state index contributed by atoms with van der Waals surface area (Å²) in [5.41, 5.74) is 0. The van der Waals surface area contributed by atoms with Crippen molar-refractivity contribution in [2.45, 2.75) is 399 Å². The molecule has 18 heteroatoms. The van der Waals surface area contributed by atoms with E-state index in [0.717, 1.165) is 161 Å². The lowest BCUT2D eigenvalue weighted by molar-refractivity contribution is -0.161. The SMILES string of the molecule is CC/C=C\C/C=C\C/C=C\C/C=C\C/C=C\CCCCCCCCCCCCCCCCCCCCCC(=O)OCC(O)COP(=O)(O)OCC(O)COP(=O)(O)OCC(COC(=O)CCCCCCCCCCCCC/C=C\C/C=C\C/C=C\C/C=C\C/C=C\CC)OC(=O)CCCCCCC/C=C\C/C=C\CCCCC. The lowest BCUT2D eigenvalue weighted by Crippen LogP contribution is -2.30. The second kappa shape index (κ2) is 86.8. The molecule has 0 aliphatic carbocycles. The number of phosphoric ester groups is 2. The Bertz CT molecular complexity index is 2630. The number of aliphatic hydroxyl groups excluding tert-OH is 2. The molecule has 5 atom stereocenters. The van der Waals surface area contributed by atoms with Gasteiger partial charge in [-0.2, -0.15) is 0 Å². The first-order chi connectivity index (χ1) is 55.2. The Kier molecular flexibility index (Phi) is 83.3. The number of phosphoric acid groups is 2. The van der Waals surface area contributed by atoms with Crippen molar-refractivity contribution >= 4 is 33.6 Å². The highest BCUT2D eigenvalue weighted by Gasteiger charge is 2.29. The maximum Gasteiger partial charge on any atom is 0.472 e. The molecule has 0 rings (SSSR count). The van der Waals surface area contributed by atoms with Gasteiger partial charge in [-0.1, -0.05) is 366 Å². The van der Waals surface area contributed by atoms with Crippen LogP contribution in [0.25, 0.3) is 0 Å². The van der Waals surface area contributed by atoms with E-state index in [1.807, 2.05) is 0 Å².